The van der Waals surface area contributed by atoms with E-state index in [0.717, 1.165) is 6.07 Å². The summed E-state index contributed by atoms with van der Waals surface area (Å²) in [7, 11) is 0. The van der Waals surface area contributed by atoms with E-state index in [1.54, 1.807) is 0 Å². The molecular weight excluding hydrogens is 276 g/mol. The minimum atomic E-state index is -1.34. The maximum Gasteiger partial charge on any atom is 0.340 e. The molecule has 1 rings (SSSR count). The Kier molecular flexibility index (Phi) is 2.51. The summed E-state index contributed by atoms with van der Waals surface area (Å²) < 4.78 is 13.4. The maximum absolute atomic E-state index is 12.8. The first-order chi connectivity index (χ1) is 5.54. The Morgan fingerprint density at radius 1 is 1.58 bits per heavy atom. The van der Waals surface area contributed by atoms with Crippen molar-refractivity contribution >= 4 is 34.2 Å². The second kappa shape index (κ2) is 3.26. The molecule has 3 N–H and O–H groups in total. The lowest BCUT2D eigenvalue weighted by Crippen LogP contribution is -2.07. The van der Waals surface area contributed by atoms with Crippen LogP contribution in [0.3, 0.4) is 0 Å². The molecule has 0 saturated carbocycles. The van der Waals surface area contributed by atoms with Gasteiger partial charge in [0.1, 0.15) is 11.4 Å². The first kappa shape index (κ1) is 9.24. The van der Waals surface area contributed by atoms with Gasteiger partial charge < -0.3 is 10.8 Å². The summed E-state index contributed by atoms with van der Waals surface area (Å²) in [5.74, 6) is -2.15. The zero-order valence-electron chi connectivity index (χ0n) is 5.84. The Bertz CT molecular complexity index is 340. The number of carbonyl (C=O) groups is 1. The Morgan fingerprint density at radius 2 is 2.17 bits per heavy atom. The van der Waals surface area contributed by atoms with E-state index in [0.29, 0.717) is 3.57 Å². The normalized spacial score (nSPS) is 9.83. The lowest BCUT2D eigenvalue weighted by atomic mass is 10.2. The number of rotatable bonds is 1. The third kappa shape index (κ3) is 1.50. The summed E-state index contributed by atoms with van der Waals surface area (Å²) >= 11 is 1.84. The number of carboxylic acid groups (broad SMARTS) is 1. The van der Waals surface area contributed by atoms with Gasteiger partial charge in [-0.05, 0) is 34.7 Å². The van der Waals surface area contributed by atoms with Crippen molar-refractivity contribution in [3.05, 3.63) is 27.1 Å². The second-order valence-corrected chi connectivity index (χ2v) is 3.29. The van der Waals surface area contributed by atoms with Gasteiger partial charge in [0.15, 0.2) is 0 Å². The Balaban J connectivity index is 3.43. The first-order valence-corrected chi connectivity index (χ1v) is 4.08. The molecule has 0 bridgehead atoms. The summed E-state index contributed by atoms with van der Waals surface area (Å²) in [6.07, 6.45) is 0. The van der Waals surface area contributed by atoms with Crippen LogP contribution in [0.1, 0.15) is 10.4 Å². The number of nitrogen functional groups attached to an aromatic ring is 1. The van der Waals surface area contributed by atoms with E-state index in [2.05, 4.69) is 0 Å². The van der Waals surface area contributed by atoms with Crippen molar-refractivity contribution in [1.29, 1.82) is 0 Å². The van der Waals surface area contributed by atoms with Crippen molar-refractivity contribution in [2.24, 2.45) is 0 Å². The van der Waals surface area contributed by atoms with Crippen molar-refractivity contribution in [3.63, 3.8) is 0 Å². The molecule has 0 aromatic heterocycles. The van der Waals surface area contributed by atoms with Crippen molar-refractivity contribution < 1.29 is 14.3 Å². The van der Waals surface area contributed by atoms with Gasteiger partial charge in [0.25, 0.3) is 0 Å². The number of halogens is 2. The molecule has 0 atom stereocenters. The van der Waals surface area contributed by atoms with Crippen LogP contribution in [0.25, 0.3) is 0 Å². The smallest absolute Gasteiger partial charge is 0.340 e. The fourth-order valence-electron chi connectivity index (χ4n) is 0.785. The van der Waals surface area contributed by atoms with Crippen LogP contribution in [0.5, 0.6) is 0 Å². The fourth-order valence-corrected chi connectivity index (χ4v) is 1.23. The zero-order valence-corrected chi connectivity index (χ0v) is 8.00. The number of benzene rings is 1. The molecule has 0 aliphatic heterocycles. The van der Waals surface area contributed by atoms with E-state index >= 15 is 0 Å². The molecule has 64 valence electrons. The molecule has 0 saturated heterocycles. The van der Waals surface area contributed by atoms with Crippen LogP contribution < -0.4 is 5.73 Å². The van der Waals surface area contributed by atoms with Crippen LogP contribution >= 0.6 is 22.6 Å². The van der Waals surface area contributed by atoms with E-state index in [4.69, 9.17) is 10.8 Å². The van der Waals surface area contributed by atoms with Gasteiger partial charge in [0.2, 0.25) is 0 Å². The van der Waals surface area contributed by atoms with Crippen molar-refractivity contribution in [1.82, 2.24) is 0 Å². The lowest BCUT2D eigenvalue weighted by Gasteiger charge is -2.03. The quantitative estimate of drug-likeness (QED) is 0.608. The van der Waals surface area contributed by atoms with Crippen LogP contribution in [-0.4, -0.2) is 11.1 Å². The summed E-state index contributed by atoms with van der Waals surface area (Å²) in [6, 6.07) is 2.51. The molecule has 0 fully saturated rings. The number of hydrogen-bond acceptors (Lipinski definition) is 2. The van der Waals surface area contributed by atoms with Crippen LogP contribution in [0.4, 0.5) is 10.1 Å². The summed E-state index contributed by atoms with van der Waals surface area (Å²) in [4.78, 5) is 10.5. The molecule has 1 aromatic carbocycles. The average Bonchev–Trinajstić information content (AvgIpc) is 1.97. The summed E-state index contributed by atoms with van der Waals surface area (Å²) in [6.45, 7) is 0. The van der Waals surface area contributed by atoms with Crippen LogP contribution in [-0.2, 0) is 0 Å². The molecule has 0 amide bonds. The van der Waals surface area contributed by atoms with Gasteiger partial charge in [-0.1, -0.05) is 0 Å². The highest BCUT2D eigenvalue weighted by Crippen LogP contribution is 2.22. The standard InChI is InChI=1S/C7H5FINO2/c8-3-1-2-4(9)6(10)5(3)7(11)12/h1-2H,10H2,(H,11,12). The largest absolute Gasteiger partial charge is 0.478 e. The van der Waals surface area contributed by atoms with Crippen LogP contribution in [0.2, 0.25) is 0 Å². The molecule has 0 aliphatic rings. The van der Waals surface area contributed by atoms with Crippen LogP contribution in [0.15, 0.2) is 12.1 Å². The van der Waals surface area contributed by atoms with Crippen molar-refractivity contribution in [3.8, 4) is 0 Å². The Labute approximate surface area is 81.5 Å². The van der Waals surface area contributed by atoms with Gasteiger partial charge in [-0.15, -0.1) is 0 Å². The molecule has 0 spiro atoms. The first-order valence-electron chi connectivity index (χ1n) is 3.01. The third-order valence-corrected chi connectivity index (χ3v) is 2.30. The topological polar surface area (TPSA) is 63.3 Å². The minimum Gasteiger partial charge on any atom is -0.478 e. The molecule has 1 aromatic rings. The Morgan fingerprint density at radius 3 is 2.58 bits per heavy atom. The van der Waals surface area contributed by atoms with Crippen molar-refractivity contribution in [2.45, 2.75) is 0 Å². The summed E-state index contributed by atoms with van der Waals surface area (Å²) in [5, 5.41) is 8.55. The van der Waals surface area contributed by atoms with E-state index < -0.39 is 17.3 Å². The fraction of sp³-hybridized carbons (Fsp3) is 0. The molecule has 3 nitrogen and oxygen atoms in total. The van der Waals surface area contributed by atoms with E-state index in [1.807, 2.05) is 22.6 Å². The van der Waals surface area contributed by atoms with E-state index in [-0.39, 0.29) is 5.69 Å². The number of nitrogens with two attached hydrogens (primary N) is 1. The van der Waals surface area contributed by atoms with Gasteiger partial charge in [-0.25, -0.2) is 9.18 Å². The Hall–Kier alpha value is -0.850. The number of carboxylic acids is 1. The van der Waals surface area contributed by atoms with E-state index in [1.165, 1.54) is 6.07 Å². The lowest BCUT2D eigenvalue weighted by molar-refractivity contribution is 0.0693. The number of anilines is 1. The zero-order chi connectivity index (χ0) is 9.30. The predicted octanol–water partition coefficient (Wildman–Crippen LogP) is 1.71. The highest BCUT2D eigenvalue weighted by atomic mass is 127. The van der Waals surface area contributed by atoms with Gasteiger partial charge in [0.05, 0.1) is 5.69 Å². The van der Waals surface area contributed by atoms with Gasteiger partial charge >= 0.3 is 5.97 Å². The minimum absolute atomic E-state index is 0.0249. The molecule has 0 heterocycles. The predicted molar refractivity (Wildman–Crippen MR) is 50.5 cm³/mol. The van der Waals surface area contributed by atoms with E-state index in [9.17, 15) is 9.18 Å². The molecule has 12 heavy (non-hydrogen) atoms. The monoisotopic (exact) mass is 281 g/mol. The molecule has 0 unspecified atom stereocenters. The van der Waals surface area contributed by atoms with Gasteiger partial charge in [0, 0.05) is 3.57 Å². The second-order valence-electron chi connectivity index (χ2n) is 2.12. The SMILES string of the molecule is Nc1c(I)ccc(F)c1C(=O)O. The number of hydrogen-bond donors (Lipinski definition) is 2. The average molecular weight is 281 g/mol. The molecular formula is C7H5FINO2. The molecule has 5 heteroatoms. The maximum atomic E-state index is 12.8. The summed E-state index contributed by atoms with van der Waals surface area (Å²) in [5.41, 5.74) is 4.87. The highest BCUT2D eigenvalue weighted by molar-refractivity contribution is 14.1. The third-order valence-electron chi connectivity index (χ3n) is 1.36. The number of aromatic carboxylic acids is 1. The van der Waals surface area contributed by atoms with Crippen molar-refractivity contribution in [2.75, 3.05) is 5.73 Å². The van der Waals surface area contributed by atoms with Gasteiger partial charge in [-0.3, -0.25) is 0 Å². The highest BCUT2D eigenvalue weighted by Gasteiger charge is 2.15. The molecule has 0 radical (unpaired) electrons. The molecule has 0 aliphatic carbocycles. The van der Waals surface area contributed by atoms with Crippen LogP contribution in [0, 0.1) is 9.39 Å². The van der Waals surface area contributed by atoms with Gasteiger partial charge in [-0.2, -0.15) is 0 Å².